The number of carbonyl (C=O) groups is 2. The number of nitrogens with one attached hydrogen (secondary N) is 1. The van der Waals surface area contributed by atoms with Crippen molar-refractivity contribution in [2.24, 2.45) is 0 Å². The van der Waals surface area contributed by atoms with Crippen LogP contribution >= 0.6 is 0 Å². The number of nitrogens with zero attached hydrogens (tertiary/aromatic N) is 1. The van der Waals surface area contributed by atoms with Crippen molar-refractivity contribution in [3.8, 4) is 0 Å². The fourth-order valence-electron chi connectivity index (χ4n) is 3.55. The largest absolute Gasteiger partial charge is 0.444 e. The normalized spacial score (nSPS) is 24.3. The summed E-state index contributed by atoms with van der Waals surface area (Å²) in [6.45, 7) is 5.95. The Morgan fingerprint density at radius 2 is 1.71 bits per heavy atom. The number of carbonyl (C=O) groups excluding carboxylic acids is 2. The summed E-state index contributed by atoms with van der Waals surface area (Å²) in [5.74, 6) is -0.359. The molecule has 0 aromatic rings. The average Bonchev–Trinajstić information content (AvgIpc) is 2.84. The van der Waals surface area contributed by atoms with Crippen molar-refractivity contribution in [1.29, 1.82) is 0 Å². The molecule has 1 saturated carbocycles. The molecular formula is C18H32N2O4. The SMILES string of the molecule is CC(C)(C)OC(=O)N1CCCC1C(O)C(=O)NC1CCCCCC1. The second-order valence-electron chi connectivity index (χ2n) is 8.03. The van der Waals surface area contributed by atoms with Gasteiger partial charge < -0.3 is 20.1 Å². The molecule has 6 nitrogen and oxygen atoms in total. The van der Waals surface area contributed by atoms with Crippen LogP contribution in [0.25, 0.3) is 0 Å². The summed E-state index contributed by atoms with van der Waals surface area (Å²) in [6, 6.07) is -0.350. The predicted octanol–water partition coefficient (Wildman–Crippen LogP) is 2.59. The molecule has 0 radical (unpaired) electrons. The van der Waals surface area contributed by atoms with E-state index < -0.39 is 23.8 Å². The number of ether oxygens (including phenoxy) is 1. The summed E-state index contributed by atoms with van der Waals surface area (Å²) in [7, 11) is 0. The summed E-state index contributed by atoms with van der Waals surface area (Å²) in [4.78, 5) is 26.2. The van der Waals surface area contributed by atoms with Gasteiger partial charge in [-0.05, 0) is 46.5 Å². The molecule has 2 fully saturated rings. The van der Waals surface area contributed by atoms with Crippen molar-refractivity contribution in [2.75, 3.05) is 6.54 Å². The Kier molecular flexibility index (Phi) is 6.49. The lowest BCUT2D eigenvalue weighted by molar-refractivity contribution is -0.133. The Bertz CT molecular complexity index is 439. The summed E-state index contributed by atoms with van der Waals surface area (Å²) >= 11 is 0. The molecule has 2 atom stereocenters. The zero-order chi connectivity index (χ0) is 17.7. The molecule has 1 heterocycles. The number of hydrogen-bond donors (Lipinski definition) is 2. The Morgan fingerprint density at radius 1 is 1.08 bits per heavy atom. The summed E-state index contributed by atoms with van der Waals surface area (Å²) < 4.78 is 5.39. The minimum Gasteiger partial charge on any atom is -0.444 e. The van der Waals surface area contributed by atoms with Gasteiger partial charge in [-0.25, -0.2) is 4.79 Å². The van der Waals surface area contributed by atoms with Crippen LogP contribution in [0, 0.1) is 0 Å². The van der Waals surface area contributed by atoms with Gasteiger partial charge in [0.25, 0.3) is 5.91 Å². The van der Waals surface area contributed by atoms with E-state index in [0.29, 0.717) is 13.0 Å². The lowest BCUT2D eigenvalue weighted by atomic mass is 10.1. The van der Waals surface area contributed by atoms with Gasteiger partial charge in [0.1, 0.15) is 5.60 Å². The Morgan fingerprint density at radius 3 is 2.29 bits per heavy atom. The van der Waals surface area contributed by atoms with Crippen LogP contribution in [0.1, 0.15) is 72.1 Å². The molecule has 138 valence electrons. The summed E-state index contributed by atoms with van der Waals surface area (Å²) in [5.41, 5.74) is -0.586. The van der Waals surface area contributed by atoms with Crippen LogP contribution in [-0.4, -0.2) is 52.3 Å². The molecule has 6 heteroatoms. The highest BCUT2D eigenvalue weighted by molar-refractivity contribution is 5.82. The Balaban J connectivity index is 1.92. The monoisotopic (exact) mass is 340 g/mol. The van der Waals surface area contributed by atoms with E-state index in [2.05, 4.69) is 5.32 Å². The Hall–Kier alpha value is -1.30. The van der Waals surface area contributed by atoms with E-state index in [1.807, 2.05) is 20.8 Å². The van der Waals surface area contributed by atoms with Crippen LogP contribution in [0.3, 0.4) is 0 Å². The third-order valence-corrected chi connectivity index (χ3v) is 4.76. The van der Waals surface area contributed by atoms with Crippen LogP contribution in [0.2, 0.25) is 0 Å². The van der Waals surface area contributed by atoms with E-state index in [0.717, 1.165) is 32.1 Å². The van der Waals surface area contributed by atoms with Crippen molar-refractivity contribution in [2.45, 2.75) is 95.9 Å². The molecule has 0 aromatic heterocycles. The van der Waals surface area contributed by atoms with Crippen LogP contribution in [0.5, 0.6) is 0 Å². The summed E-state index contributed by atoms with van der Waals surface area (Å²) in [6.07, 6.45) is 6.36. The molecule has 24 heavy (non-hydrogen) atoms. The van der Waals surface area contributed by atoms with Gasteiger partial charge in [0, 0.05) is 12.6 Å². The van der Waals surface area contributed by atoms with Gasteiger partial charge in [0.05, 0.1) is 6.04 Å². The molecule has 2 amide bonds. The fourth-order valence-corrected chi connectivity index (χ4v) is 3.55. The minimum atomic E-state index is -1.19. The van der Waals surface area contributed by atoms with Crippen LogP contribution in [-0.2, 0) is 9.53 Å². The number of hydrogen-bond acceptors (Lipinski definition) is 4. The highest BCUT2D eigenvalue weighted by Gasteiger charge is 2.39. The molecule has 1 aliphatic carbocycles. The highest BCUT2D eigenvalue weighted by atomic mass is 16.6. The smallest absolute Gasteiger partial charge is 0.410 e. The standard InChI is InChI=1S/C18H32N2O4/c1-18(2,3)24-17(23)20-12-8-11-14(20)15(21)16(22)19-13-9-6-4-5-7-10-13/h13-15,21H,4-12H2,1-3H3,(H,19,22). The lowest BCUT2D eigenvalue weighted by Crippen LogP contribution is -2.52. The lowest BCUT2D eigenvalue weighted by Gasteiger charge is -2.31. The maximum atomic E-state index is 12.4. The zero-order valence-electron chi connectivity index (χ0n) is 15.2. The van der Waals surface area contributed by atoms with E-state index in [9.17, 15) is 14.7 Å². The molecule has 2 unspecified atom stereocenters. The van der Waals surface area contributed by atoms with E-state index in [4.69, 9.17) is 4.74 Å². The van der Waals surface area contributed by atoms with E-state index in [1.54, 1.807) is 0 Å². The van der Waals surface area contributed by atoms with Crippen LogP contribution in [0.4, 0.5) is 4.79 Å². The van der Waals surface area contributed by atoms with Gasteiger partial charge in [-0.15, -0.1) is 0 Å². The highest BCUT2D eigenvalue weighted by Crippen LogP contribution is 2.24. The first-order chi connectivity index (χ1) is 11.3. The molecular weight excluding hydrogens is 308 g/mol. The zero-order valence-corrected chi connectivity index (χ0v) is 15.2. The maximum absolute atomic E-state index is 12.4. The fraction of sp³-hybridized carbons (Fsp3) is 0.889. The van der Waals surface area contributed by atoms with Crippen LogP contribution < -0.4 is 5.32 Å². The number of rotatable bonds is 3. The third-order valence-electron chi connectivity index (χ3n) is 4.76. The topological polar surface area (TPSA) is 78.9 Å². The van der Waals surface area contributed by atoms with Crippen molar-refractivity contribution < 1.29 is 19.4 Å². The minimum absolute atomic E-state index is 0.144. The molecule has 0 aromatic carbocycles. The number of aliphatic hydroxyl groups is 1. The second kappa shape index (κ2) is 8.19. The first-order valence-electron chi connectivity index (χ1n) is 9.26. The van der Waals surface area contributed by atoms with Gasteiger partial charge in [0.2, 0.25) is 0 Å². The van der Waals surface area contributed by atoms with E-state index in [1.165, 1.54) is 17.7 Å². The van der Waals surface area contributed by atoms with Gasteiger partial charge in [-0.2, -0.15) is 0 Å². The van der Waals surface area contributed by atoms with Gasteiger partial charge in [-0.3, -0.25) is 4.79 Å². The Labute approximate surface area is 144 Å². The first-order valence-corrected chi connectivity index (χ1v) is 9.26. The molecule has 0 spiro atoms. The predicted molar refractivity (Wildman–Crippen MR) is 91.6 cm³/mol. The first kappa shape index (κ1) is 19.0. The second-order valence-corrected chi connectivity index (χ2v) is 8.03. The molecule has 1 saturated heterocycles. The number of aliphatic hydroxyl groups excluding tert-OH is 1. The molecule has 1 aliphatic heterocycles. The van der Waals surface area contributed by atoms with E-state index in [-0.39, 0.29) is 11.9 Å². The molecule has 2 N–H and O–H groups in total. The molecule has 0 bridgehead atoms. The maximum Gasteiger partial charge on any atom is 0.410 e. The van der Waals surface area contributed by atoms with Crippen LogP contribution in [0.15, 0.2) is 0 Å². The average molecular weight is 340 g/mol. The summed E-state index contributed by atoms with van der Waals surface area (Å²) in [5, 5.41) is 13.5. The molecule has 2 rings (SSSR count). The quantitative estimate of drug-likeness (QED) is 0.774. The molecule has 2 aliphatic rings. The van der Waals surface area contributed by atoms with Gasteiger partial charge >= 0.3 is 6.09 Å². The van der Waals surface area contributed by atoms with Crippen molar-refractivity contribution in [3.63, 3.8) is 0 Å². The van der Waals surface area contributed by atoms with E-state index >= 15 is 0 Å². The van der Waals surface area contributed by atoms with Crippen molar-refractivity contribution >= 4 is 12.0 Å². The third kappa shape index (κ3) is 5.36. The van der Waals surface area contributed by atoms with Crippen molar-refractivity contribution in [3.05, 3.63) is 0 Å². The van der Waals surface area contributed by atoms with Gasteiger partial charge in [0.15, 0.2) is 6.10 Å². The number of likely N-dealkylation sites (tertiary alicyclic amines) is 1. The number of amides is 2. The van der Waals surface area contributed by atoms with Crippen molar-refractivity contribution in [1.82, 2.24) is 10.2 Å². The van der Waals surface area contributed by atoms with Gasteiger partial charge in [-0.1, -0.05) is 25.7 Å².